The summed E-state index contributed by atoms with van der Waals surface area (Å²) in [5, 5.41) is 3.52. The van der Waals surface area contributed by atoms with E-state index in [-0.39, 0.29) is 29.7 Å². The average Bonchev–Trinajstić information content (AvgIpc) is 2.53. The molecule has 146 valence electrons. The van der Waals surface area contributed by atoms with E-state index in [9.17, 15) is 22.8 Å². The molecule has 1 amide bonds. The van der Waals surface area contributed by atoms with E-state index < -0.39 is 23.9 Å². The van der Waals surface area contributed by atoms with Gasteiger partial charge in [0.15, 0.2) is 0 Å². The Morgan fingerprint density at radius 1 is 1.15 bits per heavy atom. The molecule has 0 fully saturated rings. The van der Waals surface area contributed by atoms with Gasteiger partial charge in [-0.15, -0.1) is 0 Å². The number of nitrogens with one attached hydrogen (secondary N) is 2. The lowest BCUT2D eigenvalue weighted by Crippen LogP contribution is -2.69. The zero-order valence-corrected chi connectivity index (χ0v) is 15.0. The first-order chi connectivity index (χ1) is 12.1. The molecule has 0 spiro atoms. The molecule has 1 aromatic rings. The van der Waals surface area contributed by atoms with Crippen molar-refractivity contribution in [1.29, 1.82) is 0 Å². The molecule has 1 atom stereocenters. The fourth-order valence-corrected chi connectivity index (χ4v) is 2.10. The Labute approximate surface area is 152 Å². The molecule has 7 nitrogen and oxygen atoms in total. The first-order valence-electron chi connectivity index (χ1n) is 7.41. The van der Waals surface area contributed by atoms with Gasteiger partial charge in [0.25, 0.3) is 0 Å². The summed E-state index contributed by atoms with van der Waals surface area (Å²) in [5.74, 6) is -1.82. The van der Waals surface area contributed by atoms with Gasteiger partial charge in [-0.2, -0.15) is 13.2 Å². The Kier molecular flexibility index (Phi) is 7.37. The second kappa shape index (κ2) is 8.84. The number of ether oxygens (including phenoxy) is 3. The lowest BCUT2D eigenvalue weighted by molar-refractivity contribution is -0.205. The smallest absolute Gasteiger partial charge is 0.442 e. The van der Waals surface area contributed by atoms with E-state index in [0.29, 0.717) is 0 Å². The van der Waals surface area contributed by atoms with Gasteiger partial charge in [0.2, 0.25) is 0 Å². The molecule has 1 rings (SSSR count). The number of hydrogen-bond donors (Lipinski definition) is 2. The predicted molar refractivity (Wildman–Crippen MR) is 87.2 cm³/mol. The number of hydrogen-bond acceptors (Lipinski definition) is 6. The van der Waals surface area contributed by atoms with E-state index >= 15 is 0 Å². The number of rotatable bonds is 7. The van der Waals surface area contributed by atoms with Gasteiger partial charge in [-0.1, -0.05) is 11.6 Å². The summed E-state index contributed by atoms with van der Waals surface area (Å²) >= 11 is 5.81. The van der Waals surface area contributed by atoms with E-state index in [1.807, 2.05) is 5.32 Å². The SMILES string of the molecule is CCOC(=O)N[C@](Nc1cc(Cl)ccc1OC)(C(=O)OCC)C(F)(F)F. The minimum atomic E-state index is -5.29. The summed E-state index contributed by atoms with van der Waals surface area (Å²) in [7, 11) is 1.22. The number of carbonyl (C=O) groups is 2. The van der Waals surface area contributed by atoms with Crippen LogP contribution in [0.5, 0.6) is 5.75 Å². The molecule has 11 heteroatoms. The van der Waals surface area contributed by atoms with Crippen LogP contribution >= 0.6 is 11.6 Å². The van der Waals surface area contributed by atoms with Gasteiger partial charge in [-0.05, 0) is 32.0 Å². The lowest BCUT2D eigenvalue weighted by atomic mass is 10.1. The number of halogens is 4. The van der Waals surface area contributed by atoms with Crippen LogP contribution < -0.4 is 15.4 Å². The van der Waals surface area contributed by atoms with E-state index in [2.05, 4.69) is 9.47 Å². The third-order valence-electron chi connectivity index (χ3n) is 3.06. The van der Waals surface area contributed by atoms with Gasteiger partial charge in [0.1, 0.15) is 5.75 Å². The first kappa shape index (κ1) is 21.7. The maximum absolute atomic E-state index is 13.9. The minimum Gasteiger partial charge on any atom is -0.495 e. The van der Waals surface area contributed by atoms with E-state index in [4.69, 9.17) is 16.3 Å². The third kappa shape index (κ3) is 4.84. The van der Waals surface area contributed by atoms with E-state index in [1.54, 1.807) is 0 Å². The van der Waals surface area contributed by atoms with Crippen LogP contribution in [0.25, 0.3) is 0 Å². The first-order valence-corrected chi connectivity index (χ1v) is 7.79. The van der Waals surface area contributed by atoms with Crippen molar-refractivity contribution in [3.8, 4) is 5.75 Å². The van der Waals surface area contributed by atoms with Crippen LogP contribution in [0.4, 0.5) is 23.7 Å². The summed E-state index contributed by atoms with van der Waals surface area (Å²) in [6.07, 6.45) is -6.76. The number of amides is 1. The number of anilines is 1. The Balaban J connectivity index is 3.48. The molecule has 0 radical (unpaired) electrons. The summed E-state index contributed by atoms with van der Waals surface area (Å²) in [6, 6.07) is 3.78. The highest BCUT2D eigenvalue weighted by atomic mass is 35.5. The maximum Gasteiger partial charge on any atom is 0.442 e. The van der Waals surface area contributed by atoms with Crippen LogP contribution in [0.2, 0.25) is 5.02 Å². The Bertz CT molecular complexity index is 657. The Morgan fingerprint density at radius 3 is 2.27 bits per heavy atom. The normalized spacial score (nSPS) is 13.3. The zero-order valence-electron chi connectivity index (χ0n) is 14.2. The summed E-state index contributed by atoms with van der Waals surface area (Å²) in [4.78, 5) is 23.9. The second-order valence-corrected chi connectivity index (χ2v) is 5.22. The van der Waals surface area contributed by atoms with Gasteiger partial charge in [0.05, 0.1) is 26.0 Å². The lowest BCUT2D eigenvalue weighted by Gasteiger charge is -2.35. The molecular formula is C15H18ClF3N2O5. The van der Waals surface area contributed by atoms with Crippen LogP contribution in [-0.4, -0.2) is 44.2 Å². The summed E-state index contributed by atoms with van der Waals surface area (Å²) in [5.41, 5.74) is -3.91. The molecular weight excluding hydrogens is 381 g/mol. The van der Waals surface area contributed by atoms with E-state index in [1.165, 1.54) is 38.4 Å². The Hall–Kier alpha value is -2.36. The third-order valence-corrected chi connectivity index (χ3v) is 3.29. The molecule has 1 aromatic carbocycles. The van der Waals surface area contributed by atoms with E-state index in [0.717, 1.165) is 6.07 Å². The van der Waals surface area contributed by atoms with Crippen LogP contribution in [0.1, 0.15) is 13.8 Å². The second-order valence-electron chi connectivity index (χ2n) is 4.78. The zero-order chi connectivity index (χ0) is 20.0. The molecule has 0 heterocycles. The fourth-order valence-electron chi connectivity index (χ4n) is 1.93. The van der Waals surface area contributed by atoms with Gasteiger partial charge in [-0.25, -0.2) is 9.59 Å². The van der Waals surface area contributed by atoms with Crippen molar-refractivity contribution < 1.29 is 37.0 Å². The quantitative estimate of drug-likeness (QED) is 0.541. The average molecular weight is 399 g/mol. The van der Waals surface area contributed by atoms with Crippen molar-refractivity contribution in [2.75, 3.05) is 25.6 Å². The number of alkyl carbamates (subject to hydrolysis) is 1. The number of alkyl halides is 3. The molecule has 0 unspecified atom stereocenters. The van der Waals surface area contributed by atoms with Crippen molar-refractivity contribution in [3.05, 3.63) is 23.2 Å². The van der Waals surface area contributed by atoms with Crippen molar-refractivity contribution in [3.63, 3.8) is 0 Å². The molecule has 0 saturated heterocycles. The summed E-state index contributed by atoms with van der Waals surface area (Å²) < 4.78 is 55.6. The molecule has 0 bridgehead atoms. The molecule has 0 saturated carbocycles. The van der Waals surface area contributed by atoms with Crippen molar-refractivity contribution in [2.45, 2.75) is 25.7 Å². The van der Waals surface area contributed by atoms with Gasteiger partial charge in [-0.3, -0.25) is 5.32 Å². The summed E-state index contributed by atoms with van der Waals surface area (Å²) in [6.45, 7) is 2.16. The number of esters is 1. The predicted octanol–water partition coefficient (Wildman–Crippen LogP) is 3.33. The number of benzene rings is 1. The van der Waals surface area contributed by atoms with Crippen LogP contribution in [0.15, 0.2) is 18.2 Å². The highest BCUT2D eigenvalue weighted by Gasteiger charge is 2.64. The van der Waals surface area contributed by atoms with Gasteiger partial charge < -0.3 is 19.5 Å². The molecule has 26 heavy (non-hydrogen) atoms. The highest BCUT2D eigenvalue weighted by molar-refractivity contribution is 6.31. The largest absolute Gasteiger partial charge is 0.495 e. The maximum atomic E-state index is 13.9. The van der Waals surface area contributed by atoms with Crippen LogP contribution in [-0.2, 0) is 14.3 Å². The monoisotopic (exact) mass is 398 g/mol. The number of methoxy groups -OCH3 is 1. The van der Waals surface area contributed by atoms with Crippen LogP contribution in [0, 0.1) is 0 Å². The minimum absolute atomic E-state index is 0.0435. The van der Waals surface area contributed by atoms with Crippen molar-refractivity contribution in [2.24, 2.45) is 0 Å². The van der Waals surface area contributed by atoms with Gasteiger partial charge >= 0.3 is 23.9 Å². The number of carbonyl (C=O) groups excluding carboxylic acids is 2. The fraction of sp³-hybridized carbons (Fsp3) is 0.467. The molecule has 0 aliphatic heterocycles. The van der Waals surface area contributed by atoms with Crippen molar-refractivity contribution >= 4 is 29.4 Å². The van der Waals surface area contributed by atoms with Crippen LogP contribution in [0.3, 0.4) is 0 Å². The topological polar surface area (TPSA) is 85.9 Å². The Morgan fingerprint density at radius 2 is 1.77 bits per heavy atom. The standard InChI is InChI=1S/C15H18ClF3N2O5/c1-4-25-12(22)14(15(17,18)19,21-13(23)26-5-2)20-10-8-9(16)6-7-11(10)24-3/h6-8,20H,4-5H2,1-3H3,(H,21,23)/t14-/m1/s1. The molecule has 0 aliphatic rings. The molecule has 2 N–H and O–H groups in total. The highest BCUT2D eigenvalue weighted by Crippen LogP contribution is 2.37. The molecule has 0 aliphatic carbocycles. The van der Waals surface area contributed by atoms with Gasteiger partial charge in [0, 0.05) is 5.02 Å². The van der Waals surface area contributed by atoms with Crippen molar-refractivity contribution in [1.82, 2.24) is 5.32 Å². The molecule has 0 aromatic heterocycles.